The quantitative estimate of drug-likeness (QED) is 0.736. The minimum absolute atomic E-state index is 0.0545. The molecule has 1 rings (SSSR count). The van der Waals surface area contributed by atoms with Crippen LogP contribution in [0.1, 0.15) is 30.9 Å². The molecule has 0 bridgehead atoms. The molecular formula is C14H22N2O2. The Morgan fingerprint density at radius 1 is 1.28 bits per heavy atom. The number of benzene rings is 1. The van der Waals surface area contributed by atoms with Crippen LogP contribution in [0.15, 0.2) is 24.3 Å². The van der Waals surface area contributed by atoms with Crippen molar-refractivity contribution in [1.82, 2.24) is 5.32 Å². The molecule has 0 radical (unpaired) electrons. The molecule has 0 aliphatic carbocycles. The smallest absolute Gasteiger partial charge is 0.220 e. The number of nitrogens with one attached hydrogen (secondary N) is 1. The van der Waals surface area contributed by atoms with Crippen molar-refractivity contribution >= 4 is 5.91 Å². The van der Waals surface area contributed by atoms with Gasteiger partial charge < -0.3 is 15.8 Å². The van der Waals surface area contributed by atoms with Crippen LogP contribution in [0.25, 0.3) is 0 Å². The van der Waals surface area contributed by atoms with Crippen LogP contribution < -0.4 is 11.1 Å². The molecule has 0 aliphatic heterocycles. The van der Waals surface area contributed by atoms with Gasteiger partial charge in [-0.05, 0) is 31.0 Å². The number of rotatable bonds is 8. The van der Waals surface area contributed by atoms with Gasteiger partial charge in [0.2, 0.25) is 5.91 Å². The number of carbonyl (C=O) groups excluding carboxylic acids is 1. The number of ether oxygens (including phenoxy) is 1. The molecule has 0 aliphatic rings. The highest BCUT2D eigenvalue weighted by Gasteiger charge is 2.00. The lowest BCUT2D eigenvalue weighted by Gasteiger charge is -2.06. The normalized spacial score (nSPS) is 10.3. The van der Waals surface area contributed by atoms with Crippen LogP contribution in [0, 0.1) is 0 Å². The zero-order valence-electron chi connectivity index (χ0n) is 10.9. The van der Waals surface area contributed by atoms with Crippen molar-refractivity contribution in [3.63, 3.8) is 0 Å². The lowest BCUT2D eigenvalue weighted by atomic mass is 10.1. The molecule has 1 aromatic carbocycles. The van der Waals surface area contributed by atoms with Crippen molar-refractivity contribution in [3.05, 3.63) is 35.4 Å². The summed E-state index contributed by atoms with van der Waals surface area (Å²) in [5.74, 6) is 0.0545. The van der Waals surface area contributed by atoms with Crippen molar-refractivity contribution in [3.8, 4) is 0 Å². The summed E-state index contributed by atoms with van der Waals surface area (Å²) in [6.45, 7) is 4.46. The number of carbonyl (C=O) groups is 1. The van der Waals surface area contributed by atoms with Crippen LogP contribution in [0.3, 0.4) is 0 Å². The predicted octanol–water partition coefficient (Wildman–Crippen LogP) is 1.58. The van der Waals surface area contributed by atoms with E-state index in [0.29, 0.717) is 26.1 Å². The van der Waals surface area contributed by atoms with E-state index in [2.05, 4.69) is 5.32 Å². The van der Waals surface area contributed by atoms with Crippen LogP contribution in [-0.4, -0.2) is 19.1 Å². The minimum atomic E-state index is 0.0545. The summed E-state index contributed by atoms with van der Waals surface area (Å²) in [6, 6.07) is 8.07. The van der Waals surface area contributed by atoms with Crippen molar-refractivity contribution in [1.29, 1.82) is 0 Å². The maximum Gasteiger partial charge on any atom is 0.220 e. The SMILES string of the molecule is CCOCc1ccc(CNC(=O)CCCN)cc1. The van der Waals surface area contributed by atoms with E-state index in [1.807, 2.05) is 31.2 Å². The Bertz CT molecular complexity index is 349. The molecule has 3 N–H and O–H groups in total. The van der Waals surface area contributed by atoms with Crippen molar-refractivity contribution in [2.75, 3.05) is 13.2 Å². The minimum Gasteiger partial charge on any atom is -0.377 e. The second-order valence-corrected chi connectivity index (χ2v) is 4.12. The Morgan fingerprint density at radius 2 is 1.94 bits per heavy atom. The van der Waals surface area contributed by atoms with Crippen molar-refractivity contribution < 1.29 is 9.53 Å². The summed E-state index contributed by atoms with van der Waals surface area (Å²) in [5.41, 5.74) is 7.59. The average molecular weight is 250 g/mol. The molecule has 18 heavy (non-hydrogen) atoms. The molecule has 4 nitrogen and oxygen atoms in total. The molecule has 1 aromatic rings. The molecule has 0 spiro atoms. The summed E-state index contributed by atoms with van der Waals surface area (Å²) >= 11 is 0. The van der Waals surface area contributed by atoms with Gasteiger partial charge in [0.05, 0.1) is 6.61 Å². The highest BCUT2D eigenvalue weighted by Crippen LogP contribution is 2.05. The average Bonchev–Trinajstić information content (AvgIpc) is 2.41. The zero-order valence-corrected chi connectivity index (χ0v) is 10.9. The fourth-order valence-corrected chi connectivity index (χ4v) is 1.52. The van der Waals surface area contributed by atoms with Gasteiger partial charge in [0.1, 0.15) is 0 Å². The monoisotopic (exact) mass is 250 g/mol. The molecule has 0 aromatic heterocycles. The molecule has 0 saturated heterocycles. The highest BCUT2D eigenvalue weighted by atomic mass is 16.5. The largest absolute Gasteiger partial charge is 0.377 e. The van der Waals surface area contributed by atoms with Gasteiger partial charge in [-0.1, -0.05) is 24.3 Å². The molecule has 0 unspecified atom stereocenters. The maximum atomic E-state index is 11.4. The number of nitrogens with two attached hydrogens (primary N) is 1. The van der Waals surface area contributed by atoms with Gasteiger partial charge in [-0.15, -0.1) is 0 Å². The van der Waals surface area contributed by atoms with E-state index in [9.17, 15) is 4.79 Å². The number of hydrogen-bond donors (Lipinski definition) is 2. The van der Waals surface area contributed by atoms with Gasteiger partial charge in [0.25, 0.3) is 0 Å². The fourth-order valence-electron chi connectivity index (χ4n) is 1.52. The zero-order chi connectivity index (χ0) is 13.2. The van der Waals surface area contributed by atoms with Gasteiger partial charge >= 0.3 is 0 Å². The molecule has 1 amide bonds. The van der Waals surface area contributed by atoms with Crippen LogP contribution in [-0.2, 0) is 22.7 Å². The van der Waals surface area contributed by atoms with Gasteiger partial charge in [-0.2, -0.15) is 0 Å². The molecule has 0 heterocycles. The Balaban J connectivity index is 2.32. The van der Waals surface area contributed by atoms with E-state index in [1.165, 1.54) is 0 Å². The first kappa shape index (κ1) is 14.7. The second-order valence-electron chi connectivity index (χ2n) is 4.12. The topological polar surface area (TPSA) is 64.3 Å². The Kier molecular flexibility index (Phi) is 7.06. The third kappa shape index (κ3) is 5.80. The highest BCUT2D eigenvalue weighted by molar-refractivity contribution is 5.75. The van der Waals surface area contributed by atoms with Crippen LogP contribution in [0.4, 0.5) is 0 Å². The van der Waals surface area contributed by atoms with Gasteiger partial charge in [0.15, 0.2) is 0 Å². The van der Waals surface area contributed by atoms with E-state index < -0.39 is 0 Å². The van der Waals surface area contributed by atoms with Gasteiger partial charge in [-0.3, -0.25) is 4.79 Å². The first-order valence-electron chi connectivity index (χ1n) is 6.38. The van der Waals surface area contributed by atoms with E-state index in [1.54, 1.807) is 0 Å². The summed E-state index contributed by atoms with van der Waals surface area (Å²) in [4.78, 5) is 11.4. The van der Waals surface area contributed by atoms with Crippen LogP contribution in [0.5, 0.6) is 0 Å². The lowest BCUT2D eigenvalue weighted by Crippen LogP contribution is -2.23. The summed E-state index contributed by atoms with van der Waals surface area (Å²) in [5, 5.41) is 2.87. The summed E-state index contributed by atoms with van der Waals surface area (Å²) < 4.78 is 5.32. The number of amides is 1. The molecule has 0 fully saturated rings. The van der Waals surface area contributed by atoms with Crippen LogP contribution in [0.2, 0.25) is 0 Å². The molecule has 0 saturated carbocycles. The summed E-state index contributed by atoms with van der Waals surface area (Å²) in [6.07, 6.45) is 1.23. The van der Waals surface area contributed by atoms with Crippen molar-refractivity contribution in [2.24, 2.45) is 5.73 Å². The van der Waals surface area contributed by atoms with E-state index in [0.717, 1.165) is 24.2 Å². The Morgan fingerprint density at radius 3 is 2.56 bits per heavy atom. The number of hydrogen-bond acceptors (Lipinski definition) is 3. The van der Waals surface area contributed by atoms with E-state index in [-0.39, 0.29) is 5.91 Å². The van der Waals surface area contributed by atoms with Crippen LogP contribution >= 0.6 is 0 Å². The summed E-state index contributed by atoms with van der Waals surface area (Å²) in [7, 11) is 0. The third-order valence-electron chi connectivity index (χ3n) is 2.59. The molecule has 4 heteroatoms. The lowest BCUT2D eigenvalue weighted by molar-refractivity contribution is -0.121. The van der Waals surface area contributed by atoms with E-state index in [4.69, 9.17) is 10.5 Å². The first-order valence-corrected chi connectivity index (χ1v) is 6.38. The predicted molar refractivity (Wildman–Crippen MR) is 71.9 cm³/mol. The second kappa shape index (κ2) is 8.66. The van der Waals surface area contributed by atoms with Gasteiger partial charge in [-0.25, -0.2) is 0 Å². The molecular weight excluding hydrogens is 228 g/mol. The Labute approximate surface area is 109 Å². The molecule has 0 atom stereocenters. The van der Waals surface area contributed by atoms with E-state index >= 15 is 0 Å². The third-order valence-corrected chi connectivity index (χ3v) is 2.59. The maximum absolute atomic E-state index is 11.4. The fraction of sp³-hybridized carbons (Fsp3) is 0.500. The Hall–Kier alpha value is -1.39. The van der Waals surface area contributed by atoms with Gasteiger partial charge in [0, 0.05) is 19.6 Å². The first-order chi connectivity index (χ1) is 8.76. The molecule has 100 valence electrons. The van der Waals surface area contributed by atoms with Crippen molar-refractivity contribution in [2.45, 2.75) is 32.9 Å². The standard InChI is InChI=1S/C14H22N2O2/c1-2-18-11-13-7-5-12(6-8-13)10-16-14(17)4-3-9-15/h5-8H,2-4,9-11,15H2,1H3,(H,16,17).